The molecule has 1 aliphatic carbocycles. The van der Waals surface area contributed by atoms with Crippen LogP contribution in [0.25, 0.3) is 0 Å². The van der Waals surface area contributed by atoms with E-state index in [0.717, 1.165) is 25.3 Å². The maximum atomic E-state index is 11.0. The first kappa shape index (κ1) is 14.2. The summed E-state index contributed by atoms with van der Waals surface area (Å²) in [4.78, 5) is 20.3. The summed E-state index contributed by atoms with van der Waals surface area (Å²) < 4.78 is 0. The minimum atomic E-state index is -1.18. The standard InChI is InChI=1S/C12H15N3O5/c16-12(6-2-1-3-7-12)13-10-5-4-9(14(17)18)8-11(10)15(19)20/h4-5,8,13,16H,1-3,6-7H2. The molecule has 0 aliphatic heterocycles. The molecule has 0 atom stereocenters. The number of benzene rings is 1. The summed E-state index contributed by atoms with van der Waals surface area (Å²) in [5, 5.41) is 34.8. The molecule has 8 nitrogen and oxygen atoms in total. The van der Waals surface area contributed by atoms with Crippen LogP contribution in [0.15, 0.2) is 18.2 Å². The molecule has 2 N–H and O–H groups in total. The topological polar surface area (TPSA) is 119 Å². The lowest BCUT2D eigenvalue weighted by atomic mass is 9.91. The van der Waals surface area contributed by atoms with Crippen molar-refractivity contribution in [2.24, 2.45) is 0 Å². The summed E-state index contributed by atoms with van der Waals surface area (Å²) in [6.45, 7) is 0. The molecule has 8 heteroatoms. The van der Waals surface area contributed by atoms with E-state index in [1.54, 1.807) is 0 Å². The van der Waals surface area contributed by atoms with Gasteiger partial charge in [0.15, 0.2) is 0 Å². The molecule has 108 valence electrons. The van der Waals surface area contributed by atoms with Crippen LogP contribution in [0.3, 0.4) is 0 Å². The van der Waals surface area contributed by atoms with Gasteiger partial charge in [-0.05, 0) is 31.7 Å². The molecule has 0 radical (unpaired) electrons. The molecule has 0 saturated heterocycles. The molecule has 0 bridgehead atoms. The van der Waals surface area contributed by atoms with Gasteiger partial charge in [0.05, 0.1) is 15.9 Å². The highest BCUT2D eigenvalue weighted by molar-refractivity contribution is 5.66. The van der Waals surface area contributed by atoms with Crippen LogP contribution in [0.2, 0.25) is 0 Å². The predicted octanol–water partition coefficient (Wildman–Crippen LogP) is 2.57. The summed E-state index contributed by atoms with van der Waals surface area (Å²) in [6.07, 6.45) is 3.70. The second-order valence-corrected chi connectivity index (χ2v) is 4.93. The van der Waals surface area contributed by atoms with Crippen molar-refractivity contribution in [1.29, 1.82) is 0 Å². The van der Waals surface area contributed by atoms with Gasteiger partial charge in [-0.3, -0.25) is 20.2 Å². The van der Waals surface area contributed by atoms with Crippen molar-refractivity contribution in [1.82, 2.24) is 0 Å². The van der Waals surface area contributed by atoms with Gasteiger partial charge in [0.1, 0.15) is 11.4 Å². The van der Waals surface area contributed by atoms with Gasteiger partial charge in [0.2, 0.25) is 0 Å². The van der Waals surface area contributed by atoms with E-state index < -0.39 is 21.3 Å². The zero-order chi connectivity index (χ0) is 14.8. The maximum Gasteiger partial charge on any atom is 0.299 e. The molecule has 1 saturated carbocycles. The van der Waals surface area contributed by atoms with Crippen LogP contribution in [0.5, 0.6) is 0 Å². The molecule has 0 unspecified atom stereocenters. The lowest BCUT2D eigenvalue weighted by Gasteiger charge is -2.33. The number of nitro groups is 2. The number of nitro benzene ring substituents is 2. The van der Waals surface area contributed by atoms with E-state index in [0.29, 0.717) is 12.8 Å². The quantitative estimate of drug-likeness (QED) is 0.497. The highest BCUT2D eigenvalue weighted by Crippen LogP contribution is 2.35. The largest absolute Gasteiger partial charge is 0.371 e. The van der Waals surface area contributed by atoms with E-state index in [9.17, 15) is 25.3 Å². The Kier molecular flexibility index (Phi) is 3.84. The van der Waals surface area contributed by atoms with Crippen LogP contribution in [0.1, 0.15) is 32.1 Å². The first-order chi connectivity index (χ1) is 9.41. The third-order valence-electron chi connectivity index (χ3n) is 3.44. The molecule has 1 aliphatic rings. The van der Waals surface area contributed by atoms with Gasteiger partial charge in [-0.15, -0.1) is 0 Å². The van der Waals surface area contributed by atoms with E-state index in [4.69, 9.17) is 0 Å². The van der Waals surface area contributed by atoms with Crippen LogP contribution >= 0.6 is 0 Å². The van der Waals surface area contributed by atoms with E-state index >= 15 is 0 Å². The fraction of sp³-hybridized carbons (Fsp3) is 0.500. The van der Waals surface area contributed by atoms with E-state index in [1.165, 1.54) is 12.1 Å². The average Bonchev–Trinajstić information content (AvgIpc) is 2.39. The number of anilines is 1. The van der Waals surface area contributed by atoms with E-state index in [1.807, 2.05) is 0 Å². The van der Waals surface area contributed by atoms with Crippen LogP contribution in [-0.4, -0.2) is 20.7 Å². The van der Waals surface area contributed by atoms with Gasteiger partial charge < -0.3 is 10.4 Å². The second kappa shape index (κ2) is 5.41. The average molecular weight is 281 g/mol. The summed E-state index contributed by atoms with van der Waals surface area (Å²) in [6, 6.07) is 3.35. The molecular weight excluding hydrogens is 266 g/mol. The third kappa shape index (κ3) is 3.02. The van der Waals surface area contributed by atoms with E-state index in [-0.39, 0.29) is 11.4 Å². The Morgan fingerprint density at radius 2 is 1.75 bits per heavy atom. The minimum absolute atomic E-state index is 0.102. The first-order valence-corrected chi connectivity index (χ1v) is 6.35. The minimum Gasteiger partial charge on any atom is -0.371 e. The molecule has 20 heavy (non-hydrogen) atoms. The normalized spacial score (nSPS) is 17.4. The number of rotatable bonds is 4. The first-order valence-electron chi connectivity index (χ1n) is 6.35. The predicted molar refractivity (Wildman–Crippen MR) is 71.4 cm³/mol. The second-order valence-electron chi connectivity index (χ2n) is 4.93. The van der Waals surface area contributed by atoms with Crippen molar-refractivity contribution >= 4 is 17.1 Å². The Morgan fingerprint density at radius 3 is 2.30 bits per heavy atom. The molecule has 1 fully saturated rings. The molecule has 0 spiro atoms. The molecule has 1 aromatic rings. The molecular formula is C12H15N3O5. The number of non-ortho nitro benzene ring substituents is 1. The maximum absolute atomic E-state index is 11.0. The smallest absolute Gasteiger partial charge is 0.299 e. The Balaban J connectivity index is 2.31. The van der Waals surface area contributed by atoms with Crippen LogP contribution < -0.4 is 5.32 Å². The molecule has 1 aromatic carbocycles. The van der Waals surface area contributed by atoms with Crippen molar-refractivity contribution in [3.05, 3.63) is 38.4 Å². The Labute approximate surface area is 114 Å². The summed E-state index contributed by atoms with van der Waals surface area (Å²) in [7, 11) is 0. The van der Waals surface area contributed by atoms with Crippen LogP contribution in [0.4, 0.5) is 17.1 Å². The molecule has 0 aromatic heterocycles. The van der Waals surface area contributed by atoms with Gasteiger partial charge in [-0.1, -0.05) is 6.42 Å². The third-order valence-corrected chi connectivity index (χ3v) is 3.44. The zero-order valence-corrected chi connectivity index (χ0v) is 10.7. The van der Waals surface area contributed by atoms with Crippen LogP contribution in [0, 0.1) is 20.2 Å². The molecule has 2 rings (SSSR count). The van der Waals surface area contributed by atoms with Crippen molar-refractivity contribution in [2.45, 2.75) is 37.8 Å². The monoisotopic (exact) mass is 281 g/mol. The number of hydrogen-bond acceptors (Lipinski definition) is 6. The van der Waals surface area contributed by atoms with Gasteiger partial charge >= 0.3 is 0 Å². The fourth-order valence-electron chi connectivity index (χ4n) is 2.40. The number of hydrogen-bond donors (Lipinski definition) is 2. The van der Waals surface area contributed by atoms with Crippen molar-refractivity contribution in [3.63, 3.8) is 0 Å². The van der Waals surface area contributed by atoms with Crippen molar-refractivity contribution < 1.29 is 15.0 Å². The van der Waals surface area contributed by atoms with Gasteiger partial charge in [-0.25, -0.2) is 0 Å². The summed E-state index contributed by atoms with van der Waals surface area (Å²) >= 11 is 0. The SMILES string of the molecule is O=[N+]([O-])c1ccc(NC2(O)CCCCC2)c([N+](=O)[O-])c1. The van der Waals surface area contributed by atoms with Crippen molar-refractivity contribution in [3.8, 4) is 0 Å². The molecule has 0 heterocycles. The van der Waals surface area contributed by atoms with Crippen LogP contribution in [-0.2, 0) is 0 Å². The lowest BCUT2D eigenvalue weighted by Crippen LogP contribution is -2.40. The number of nitrogens with one attached hydrogen (secondary N) is 1. The fourth-order valence-corrected chi connectivity index (χ4v) is 2.40. The number of aliphatic hydroxyl groups is 1. The Morgan fingerprint density at radius 1 is 1.10 bits per heavy atom. The summed E-state index contributed by atoms with van der Waals surface area (Å²) in [5.41, 5.74) is -1.83. The van der Waals surface area contributed by atoms with Gasteiger partial charge in [-0.2, -0.15) is 0 Å². The van der Waals surface area contributed by atoms with Crippen molar-refractivity contribution in [2.75, 3.05) is 5.32 Å². The zero-order valence-electron chi connectivity index (χ0n) is 10.7. The lowest BCUT2D eigenvalue weighted by molar-refractivity contribution is -0.393. The molecule has 0 amide bonds. The van der Waals surface area contributed by atoms with Gasteiger partial charge in [0.25, 0.3) is 11.4 Å². The highest BCUT2D eigenvalue weighted by atomic mass is 16.6. The Hall–Kier alpha value is -2.22. The Bertz CT molecular complexity index is 540. The van der Waals surface area contributed by atoms with E-state index in [2.05, 4.69) is 5.32 Å². The summed E-state index contributed by atoms with van der Waals surface area (Å²) in [5.74, 6) is 0. The number of nitrogens with zero attached hydrogens (tertiary/aromatic N) is 2. The highest BCUT2D eigenvalue weighted by Gasteiger charge is 2.31. The van der Waals surface area contributed by atoms with Gasteiger partial charge in [0, 0.05) is 6.07 Å².